The number of phenols is 2. The number of phenolic OH excluding ortho intramolecular Hbond substituents is 2. The van der Waals surface area contributed by atoms with Crippen LogP contribution in [-0.2, 0) is 4.79 Å². The molecule has 0 spiro atoms. The number of hydrogen-bond donors (Lipinski definition) is 4. The Morgan fingerprint density at radius 2 is 1.23 bits per heavy atom. The van der Waals surface area contributed by atoms with Crippen molar-refractivity contribution >= 4 is 39.3 Å². The molecule has 3 aliphatic rings. The van der Waals surface area contributed by atoms with Gasteiger partial charge in [0.15, 0.2) is 11.6 Å². The first-order valence-corrected chi connectivity index (χ1v) is 20.4. The SMILES string of the molecule is Cc1ccc2c(N3CC[C@@H](N)C3)nc(-c3ccccc3O)nc2c1.Cc1ccc2c(N3CC[C@@H](NC(=O)CCC4CCCC4)C3)nc(-c3ccccc3O)nc2c1. The molecule has 5 N–H and O–H groups in total. The molecule has 2 saturated heterocycles. The number of carbonyl (C=O) groups is 1. The molecule has 3 fully saturated rings. The lowest BCUT2D eigenvalue weighted by molar-refractivity contribution is -0.121. The number of rotatable bonds is 8. The maximum Gasteiger partial charge on any atom is 0.220 e. The van der Waals surface area contributed by atoms with E-state index < -0.39 is 0 Å². The largest absolute Gasteiger partial charge is 0.507 e. The summed E-state index contributed by atoms with van der Waals surface area (Å²) in [5, 5.41) is 25.8. The molecule has 1 amide bonds. The van der Waals surface area contributed by atoms with Crippen molar-refractivity contribution in [1.82, 2.24) is 25.3 Å². The van der Waals surface area contributed by atoms with E-state index in [-0.39, 0.29) is 29.5 Å². The van der Waals surface area contributed by atoms with Crippen molar-refractivity contribution in [2.24, 2.45) is 11.7 Å². The van der Waals surface area contributed by atoms with E-state index in [9.17, 15) is 15.0 Å². The van der Waals surface area contributed by atoms with Gasteiger partial charge in [-0.1, -0.05) is 62.1 Å². The van der Waals surface area contributed by atoms with E-state index in [0.29, 0.717) is 29.2 Å². The zero-order valence-corrected chi connectivity index (χ0v) is 32.9. The molecule has 1 aliphatic carbocycles. The molecule has 9 rings (SSSR count). The average molecular weight is 765 g/mol. The molecule has 57 heavy (non-hydrogen) atoms. The second-order valence-corrected chi connectivity index (χ2v) is 16.0. The van der Waals surface area contributed by atoms with Gasteiger partial charge in [0, 0.05) is 55.5 Å². The number of hydrogen-bond acceptors (Lipinski definition) is 10. The van der Waals surface area contributed by atoms with Crippen LogP contribution in [0.1, 0.15) is 62.5 Å². The first-order chi connectivity index (χ1) is 27.7. The first-order valence-electron chi connectivity index (χ1n) is 20.4. The number of benzene rings is 4. The Balaban J connectivity index is 0.000000168. The van der Waals surface area contributed by atoms with Crippen LogP contribution in [0.2, 0.25) is 0 Å². The third kappa shape index (κ3) is 8.63. The Kier molecular flexibility index (Phi) is 11.2. The third-order valence-electron chi connectivity index (χ3n) is 11.6. The Bertz CT molecular complexity index is 2400. The summed E-state index contributed by atoms with van der Waals surface area (Å²) in [7, 11) is 0. The molecular weight excluding hydrogens is 713 g/mol. The van der Waals surface area contributed by atoms with Crippen molar-refractivity contribution in [3.8, 4) is 34.3 Å². The Morgan fingerprint density at radius 1 is 0.702 bits per heavy atom. The predicted molar refractivity (Wildman–Crippen MR) is 228 cm³/mol. The van der Waals surface area contributed by atoms with Crippen LogP contribution in [0, 0.1) is 19.8 Å². The maximum absolute atomic E-state index is 12.5. The van der Waals surface area contributed by atoms with Gasteiger partial charge >= 0.3 is 0 Å². The summed E-state index contributed by atoms with van der Waals surface area (Å²) in [4.78, 5) is 36.1. The summed E-state index contributed by atoms with van der Waals surface area (Å²) in [6, 6.07) is 27.1. The van der Waals surface area contributed by atoms with Crippen molar-refractivity contribution in [2.75, 3.05) is 36.0 Å². The van der Waals surface area contributed by atoms with E-state index in [1.807, 2.05) is 38.1 Å². The van der Waals surface area contributed by atoms with E-state index in [4.69, 9.17) is 20.7 Å². The van der Waals surface area contributed by atoms with Gasteiger partial charge in [-0.05, 0) is 98.7 Å². The molecule has 2 aliphatic heterocycles. The molecule has 294 valence electrons. The summed E-state index contributed by atoms with van der Waals surface area (Å²) in [5.41, 5.74) is 11.4. The van der Waals surface area contributed by atoms with Gasteiger partial charge in [-0.2, -0.15) is 0 Å². The molecule has 4 aromatic carbocycles. The minimum Gasteiger partial charge on any atom is -0.507 e. The van der Waals surface area contributed by atoms with Crippen molar-refractivity contribution in [1.29, 1.82) is 0 Å². The van der Waals surface area contributed by atoms with Gasteiger partial charge in [-0.3, -0.25) is 4.79 Å². The van der Waals surface area contributed by atoms with E-state index >= 15 is 0 Å². The second-order valence-electron chi connectivity index (χ2n) is 16.0. The number of nitrogens with two attached hydrogens (primary N) is 1. The van der Waals surface area contributed by atoms with E-state index in [1.165, 1.54) is 25.7 Å². The summed E-state index contributed by atoms with van der Waals surface area (Å²) < 4.78 is 0. The van der Waals surface area contributed by atoms with Crippen molar-refractivity contribution in [3.63, 3.8) is 0 Å². The predicted octanol–water partition coefficient (Wildman–Crippen LogP) is 7.82. The number of nitrogens with one attached hydrogen (secondary N) is 1. The summed E-state index contributed by atoms with van der Waals surface area (Å²) in [5.74, 6) is 4.09. The molecule has 11 heteroatoms. The molecule has 2 atom stereocenters. The molecule has 1 saturated carbocycles. The number of para-hydroxylation sites is 2. The van der Waals surface area contributed by atoms with Crippen LogP contribution in [0.3, 0.4) is 0 Å². The van der Waals surface area contributed by atoms with Crippen molar-refractivity contribution in [2.45, 2.75) is 77.3 Å². The number of aromatic hydroxyl groups is 2. The summed E-state index contributed by atoms with van der Waals surface area (Å²) in [6.45, 7) is 7.34. The number of nitrogens with zero attached hydrogens (tertiary/aromatic N) is 6. The Morgan fingerprint density at radius 3 is 1.75 bits per heavy atom. The van der Waals surface area contributed by atoms with Crippen LogP contribution >= 0.6 is 0 Å². The molecule has 11 nitrogen and oxygen atoms in total. The van der Waals surface area contributed by atoms with Gasteiger partial charge < -0.3 is 31.1 Å². The number of amides is 1. The Labute approximate surface area is 334 Å². The van der Waals surface area contributed by atoms with Crippen molar-refractivity contribution < 1.29 is 15.0 Å². The molecular formula is C46H52N8O3. The molecule has 0 bridgehead atoms. The number of fused-ring (bicyclic) bond motifs is 2. The minimum absolute atomic E-state index is 0.130. The van der Waals surface area contributed by atoms with Crippen LogP contribution in [-0.4, -0.2) is 74.3 Å². The number of aromatic nitrogens is 4. The fourth-order valence-electron chi connectivity index (χ4n) is 8.48. The topological polar surface area (TPSA) is 154 Å². The number of carbonyl (C=O) groups excluding carboxylic acids is 1. The lowest BCUT2D eigenvalue weighted by Gasteiger charge is -2.21. The highest BCUT2D eigenvalue weighted by molar-refractivity contribution is 5.93. The molecule has 6 aromatic rings. The van der Waals surface area contributed by atoms with Crippen LogP contribution in [0.5, 0.6) is 11.5 Å². The highest BCUT2D eigenvalue weighted by Gasteiger charge is 2.28. The summed E-state index contributed by atoms with van der Waals surface area (Å²) >= 11 is 0. The lowest BCUT2D eigenvalue weighted by atomic mass is 10.0. The van der Waals surface area contributed by atoms with E-state index in [2.05, 4.69) is 56.5 Å². The van der Waals surface area contributed by atoms with Gasteiger partial charge in [0.2, 0.25) is 5.91 Å². The fraction of sp³-hybridized carbons (Fsp3) is 0.370. The molecule has 2 aromatic heterocycles. The monoisotopic (exact) mass is 764 g/mol. The second kappa shape index (κ2) is 16.7. The maximum atomic E-state index is 12.5. The van der Waals surface area contributed by atoms with Crippen LogP contribution in [0.15, 0.2) is 84.9 Å². The summed E-state index contributed by atoms with van der Waals surface area (Å²) in [6.07, 6.45) is 8.71. The van der Waals surface area contributed by atoms with Crippen molar-refractivity contribution in [3.05, 3.63) is 96.1 Å². The zero-order valence-electron chi connectivity index (χ0n) is 32.9. The molecule has 0 radical (unpaired) electrons. The fourth-order valence-corrected chi connectivity index (χ4v) is 8.48. The highest BCUT2D eigenvalue weighted by Crippen LogP contribution is 2.35. The van der Waals surface area contributed by atoms with Crippen LogP contribution in [0.25, 0.3) is 44.6 Å². The van der Waals surface area contributed by atoms with Gasteiger partial charge in [0.25, 0.3) is 0 Å². The lowest BCUT2D eigenvalue weighted by Crippen LogP contribution is -2.37. The Hall–Kier alpha value is -5.81. The van der Waals surface area contributed by atoms with Gasteiger partial charge in [0.05, 0.1) is 22.2 Å². The third-order valence-corrected chi connectivity index (χ3v) is 11.6. The average Bonchev–Trinajstić information content (AvgIpc) is 4.00. The number of aryl methyl sites for hydroxylation is 2. The first kappa shape index (κ1) is 38.1. The quantitative estimate of drug-likeness (QED) is 0.121. The smallest absolute Gasteiger partial charge is 0.220 e. The molecule has 4 heterocycles. The number of anilines is 2. The van der Waals surface area contributed by atoms with Gasteiger partial charge in [0.1, 0.15) is 23.1 Å². The normalized spacial score (nSPS) is 18.3. The zero-order chi connectivity index (χ0) is 39.5. The molecule has 0 unspecified atom stereocenters. The van der Waals surface area contributed by atoms with Crippen LogP contribution < -0.4 is 20.9 Å². The minimum atomic E-state index is 0.130. The highest BCUT2D eigenvalue weighted by atomic mass is 16.3. The van der Waals surface area contributed by atoms with Gasteiger partial charge in [-0.15, -0.1) is 0 Å². The van der Waals surface area contributed by atoms with E-state index in [0.717, 1.165) is 95.9 Å². The van der Waals surface area contributed by atoms with Crippen LogP contribution in [0.4, 0.5) is 11.6 Å². The standard InChI is InChI=1S/C27H32N4O2.C19H20N4O/c1-18-10-12-21-23(16-18)29-26(22-8-4-5-9-24(22)32)30-27(21)31-15-14-20(17-31)28-25(33)13-11-19-6-2-3-7-19;1-12-6-7-14-16(10-12)21-18(15-4-2-3-5-17(15)24)22-19(14)23-9-8-13(20)11-23/h4-5,8-10,12,16,19-20,32H,2-3,6-7,11,13-15,17H2,1H3,(H,28,33);2-7,10,13,24H,8-9,11,20H2,1H3/t20-;13-/m11/s1. The van der Waals surface area contributed by atoms with Gasteiger partial charge in [-0.25, -0.2) is 19.9 Å². The van der Waals surface area contributed by atoms with E-state index in [1.54, 1.807) is 24.3 Å².